The van der Waals surface area contributed by atoms with E-state index in [4.69, 9.17) is 9.47 Å². The summed E-state index contributed by atoms with van der Waals surface area (Å²) in [5.74, 6) is 3.43. The molecule has 6 heteroatoms. The minimum atomic E-state index is -0.203. The van der Waals surface area contributed by atoms with Gasteiger partial charge in [0.2, 0.25) is 0 Å². The standard InChI is InChI=1S/C58H58BN3O2/c1-55(2,3)35-22-26-40(27-23-35)61-46-31-36(56(4,5)6)24-28-43(46)59-51-41(34-47-54(53(51)61)64-48-21-17-16-20-44(48)60(47)39-18-14-13-15-19-39)42-30-38(58(10,11)12)33-50-52(42)62(59)45-29-25-37(57(7,8)9)32-49(45)63-50/h13-34H,1-12H3. The second kappa shape index (κ2) is 13.6. The minimum Gasteiger partial charge on any atom is -0.453 e. The molecule has 0 saturated heterocycles. The second-order valence-corrected chi connectivity index (χ2v) is 22.4. The maximum Gasteiger partial charge on any atom is 0.333 e. The molecular formula is C58H58BN3O2. The Labute approximate surface area is 380 Å². The highest BCUT2D eigenvalue weighted by molar-refractivity contribution is 6.94. The van der Waals surface area contributed by atoms with E-state index < -0.39 is 0 Å². The highest BCUT2D eigenvalue weighted by Crippen LogP contribution is 2.62. The number of ether oxygens (including phenoxy) is 2. The molecule has 7 aromatic carbocycles. The largest absolute Gasteiger partial charge is 0.453 e. The van der Waals surface area contributed by atoms with E-state index in [2.05, 4.69) is 231 Å². The molecule has 0 aliphatic carbocycles. The molecule has 320 valence electrons. The van der Waals surface area contributed by atoms with Crippen LogP contribution in [0.15, 0.2) is 133 Å². The summed E-state index contributed by atoms with van der Waals surface area (Å²) in [6.45, 7) is 27.3. The molecule has 4 heterocycles. The first-order valence-electron chi connectivity index (χ1n) is 23.0. The first-order chi connectivity index (χ1) is 30.3. The van der Waals surface area contributed by atoms with Gasteiger partial charge in [-0.3, -0.25) is 0 Å². The van der Waals surface area contributed by atoms with Crippen LogP contribution in [0.1, 0.15) is 105 Å². The van der Waals surface area contributed by atoms with Crippen LogP contribution >= 0.6 is 0 Å². The monoisotopic (exact) mass is 839 g/mol. The summed E-state index contributed by atoms with van der Waals surface area (Å²) in [7, 11) is 0. The maximum absolute atomic E-state index is 7.41. The van der Waals surface area contributed by atoms with Gasteiger partial charge in [0, 0.05) is 22.6 Å². The first kappa shape index (κ1) is 40.4. The zero-order valence-electron chi connectivity index (χ0n) is 39.4. The van der Waals surface area contributed by atoms with Crippen molar-refractivity contribution in [3.05, 3.63) is 156 Å². The van der Waals surface area contributed by atoms with Gasteiger partial charge in [-0.05, 0) is 133 Å². The molecule has 4 aliphatic heterocycles. The zero-order chi connectivity index (χ0) is 44.8. The van der Waals surface area contributed by atoms with Crippen LogP contribution in [0.4, 0.5) is 45.5 Å². The van der Waals surface area contributed by atoms with E-state index in [9.17, 15) is 0 Å². The lowest BCUT2D eigenvalue weighted by Gasteiger charge is -2.49. The van der Waals surface area contributed by atoms with E-state index in [1.807, 2.05) is 0 Å². The van der Waals surface area contributed by atoms with Crippen molar-refractivity contribution in [2.75, 3.05) is 14.6 Å². The van der Waals surface area contributed by atoms with E-state index in [0.717, 1.165) is 74.1 Å². The lowest BCUT2D eigenvalue weighted by atomic mass is 9.43. The van der Waals surface area contributed by atoms with Crippen LogP contribution in [0.25, 0.3) is 11.1 Å². The van der Waals surface area contributed by atoms with E-state index >= 15 is 0 Å². The Balaban J connectivity index is 1.31. The van der Waals surface area contributed by atoms with E-state index in [0.29, 0.717) is 0 Å². The van der Waals surface area contributed by atoms with Gasteiger partial charge in [0.1, 0.15) is 5.75 Å². The van der Waals surface area contributed by atoms with Crippen LogP contribution in [-0.4, -0.2) is 6.85 Å². The Morgan fingerprint density at radius 1 is 0.391 bits per heavy atom. The predicted octanol–water partition coefficient (Wildman–Crippen LogP) is 15.3. The van der Waals surface area contributed by atoms with E-state index in [1.54, 1.807) is 0 Å². The number of nitrogens with zero attached hydrogens (tertiary/aromatic N) is 3. The fraction of sp³-hybridized carbons (Fsp3) is 0.276. The molecule has 0 amide bonds. The third-order valence-electron chi connectivity index (χ3n) is 13.8. The average molecular weight is 840 g/mol. The molecule has 5 nitrogen and oxygen atoms in total. The molecule has 64 heavy (non-hydrogen) atoms. The van der Waals surface area contributed by atoms with Crippen LogP contribution in [-0.2, 0) is 21.7 Å². The maximum atomic E-state index is 7.41. The van der Waals surface area contributed by atoms with Gasteiger partial charge in [0.25, 0.3) is 0 Å². The molecule has 0 aromatic heterocycles. The summed E-state index contributed by atoms with van der Waals surface area (Å²) in [6.07, 6.45) is 0. The zero-order valence-corrected chi connectivity index (χ0v) is 39.4. The van der Waals surface area contributed by atoms with Crippen molar-refractivity contribution in [3.63, 3.8) is 0 Å². The molecule has 0 N–H and O–H groups in total. The quantitative estimate of drug-likeness (QED) is 0.162. The summed E-state index contributed by atoms with van der Waals surface area (Å²) in [5.41, 5.74) is 18.1. The van der Waals surface area contributed by atoms with Crippen molar-refractivity contribution in [1.29, 1.82) is 0 Å². The van der Waals surface area contributed by atoms with Crippen LogP contribution in [0.5, 0.6) is 23.0 Å². The van der Waals surface area contributed by atoms with Crippen LogP contribution < -0.4 is 35.0 Å². The fourth-order valence-electron chi connectivity index (χ4n) is 10.2. The third kappa shape index (κ3) is 6.12. The van der Waals surface area contributed by atoms with Gasteiger partial charge in [0.15, 0.2) is 17.2 Å². The van der Waals surface area contributed by atoms with E-state index in [-0.39, 0.29) is 28.5 Å². The van der Waals surface area contributed by atoms with Gasteiger partial charge < -0.3 is 24.1 Å². The molecule has 7 aromatic rings. The highest BCUT2D eigenvalue weighted by Gasteiger charge is 2.51. The van der Waals surface area contributed by atoms with Crippen LogP contribution in [0.2, 0.25) is 0 Å². The van der Waals surface area contributed by atoms with Gasteiger partial charge in [-0.15, -0.1) is 0 Å². The van der Waals surface area contributed by atoms with Crippen molar-refractivity contribution >= 4 is 63.3 Å². The number of anilines is 8. The van der Waals surface area contributed by atoms with Gasteiger partial charge in [-0.2, -0.15) is 0 Å². The van der Waals surface area contributed by atoms with E-state index in [1.165, 1.54) is 38.7 Å². The molecule has 0 atom stereocenters. The number of rotatable bonds is 2. The Morgan fingerprint density at radius 3 is 1.67 bits per heavy atom. The lowest BCUT2D eigenvalue weighted by Crippen LogP contribution is -2.62. The Morgan fingerprint density at radius 2 is 0.984 bits per heavy atom. The SMILES string of the molecule is CC(C)(C)c1ccc(N2c3cc(C(C)(C)C)ccc3B3c4c(cc5c(c42)Oc2ccccc2N5c2ccccc2)-c2cc(C(C)(C)C)cc4c2N3c2ccc(C(C)(C)C)cc2O4)cc1. The van der Waals surface area contributed by atoms with Crippen molar-refractivity contribution < 1.29 is 9.47 Å². The second-order valence-electron chi connectivity index (χ2n) is 22.4. The molecule has 0 fully saturated rings. The van der Waals surface area contributed by atoms with Crippen LogP contribution in [0, 0.1) is 0 Å². The number of hydrogen-bond acceptors (Lipinski definition) is 5. The Hall–Kier alpha value is -6.40. The summed E-state index contributed by atoms with van der Waals surface area (Å²) in [6, 6.07) is 49.7. The average Bonchev–Trinajstić information content (AvgIpc) is 3.25. The normalized spacial score (nSPS) is 14.7. The Kier molecular flexibility index (Phi) is 8.56. The number of fused-ring (bicyclic) bond motifs is 9. The smallest absolute Gasteiger partial charge is 0.333 e. The highest BCUT2D eigenvalue weighted by atomic mass is 16.5. The van der Waals surface area contributed by atoms with Crippen LogP contribution in [0.3, 0.4) is 0 Å². The molecule has 0 unspecified atom stereocenters. The number of para-hydroxylation sites is 3. The number of hydrogen-bond donors (Lipinski definition) is 0. The van der Waals surface area contributed by atoms with Crippen molar-refractivity contribution in [1.82, 2.24) is 0 Å². The molecular weight excluding hydrogens is 781 g/mol. The lowest BCUT2D eigenvalue weighted by molar-refractivity contribution is 0.470. The van der Waals surface area contributed by atoms with Crippen molar-refractivity contribution in [2.24, 2.45) is 0 Å². The molecule has 11 rings (SSSR count). The predicted molar refractivity (Wildman–Crippen MR) is 270 cm³/mol. The van der Waals surface area contributed by atoms with Gasteiger partial charge in [0.05, 0.1) is 28.4 Å². The minimum absolute atomic E-state index is 0.000321. The fourth-order valence-corrected chi connectivity index (χ4v) is 10.2. The molecule has 0 radical (unpaired) electrons. The van der Waals surface area contributed by atoms with Gasteiger partial charge >= 0.3 is 6.85 Å². The molecule has 0 saturated carbocycles. The first-order valence-corrected chi connectivity index (χ1v) is 23.0. The molecule has 0 spiro atoms. The summed E-state index contributed by atoms with van der Waals surface area (Å²) < 4.78 is 14.6. The Bertz CT molecular complexity index is 3050. The summed E-state index contributed by atoms with van der Waals surface area (Å²) in [5, 5.41) is 0. The third-order valence-corrected chi connectivity index (χ3v) is 13.8. The molecule has 4 aliphatic rings. The number of benzene rings is 7. The van der Waals surface area contributed by atoms with Gasteiger partial charge in [-0.1, -0.05) is 144 Å². The summed E-state index contributed by atoms with van der Waals surface area (Å²) in [4.78, 5) is 7.52. The topological polar surface area (TPSA) is 28.2 Å². The van der Waals surface area contributed by atoms with Gasteiger partial charge in [-0.25, -0.2) is 0 Å². The molecule has 0 bridgehead atoms. The van der Waals surface area contributed by atoms with Crippen molar-refractivity contribution in [2.45, 2.75) is 105 Å². The summed E-state index contributed by atoms with van der Waals surface area (Å²) >= 11 is 0. The van der Waals surface area contributed by atoms with Crippen molar-refractivity contribution in [3.8, 4) is 34.1 Å².